The van der Waals surface area contributed by atoms with Crippen molar-refractivity contribution in [3.8, 4) is 0 Å². The molecule has 0 saturated heterocycles. The number of rotatable bonds is 7. The van der Waals surface area contributed by atoms with Crippen LogP contribution in [0.2, 0.25) is 0 Å². The van der Waals surface area contributed by atoms with Crippen LogP contribution in [0.1, 0.15) is 31.9 Å². The second-order valence-corrected chi connectivity index (χ2v) is 6.40. The summed E-state index contributed by atoms with van der Waals surface area (Å²) in [6.07, 6.45) is 1.14. The fourth-order valence-electron chi connectivity index (χ4n) is 2.25. The van der Waals surface area contributed by atoms with Crippen LogP contribution in [0.3, 0.4) is 0 Å². The molecule has 0 heterocycles. The van der Waals surface area contributed by atoms with Crippen molar-refractivity contribution in [2.75, 3.05) is 5.75 Å². The van der Waals surface area contributed by atoms with Gasteiger partial charge in [0.2, 0.25) is 0 Å². The molecule has 1 nitrogen and oxygen atoms in total. The van der Waals surface area contributed by atoms with E-state index in [2.05, 4.69) is 79.8 Å². The molecular formula is C18H23NS. The standard InChI is InChI=1S/C18H23NS/c1-15(2)19-18(16-9-5-3-6-10-16)13-14-20-17-11-7-4-8-12-17/h3-12,15,18-19H,13-14H2,1-2H3. The van der Waals surface area contributed by atoms with Crippen molar-refractivity contribution in [3.05, 3.63) is 66.2 Å². The highest BCUT2D eigenvalue weighted by Gasteiger charge is 2.11. The van der Waals surface area contributed by atoms with Crippen LogP contribution >= 0.6 is 11.8 Å². The van der Waals surface area contributed by atoms with Crippen LogP contribution in [-0.4, -0.2) is 11.8 Å². The zero-order chi connectivity index (χ0) is 14.2. The smallest absolute Gasteiger partial charge is 0.0330 e. The fraction of sp³-hybridized carbons (Fsp3) is 0.333. The highest BCUT2D eigenvalue weighted by Crippen LogP contribution is 2.24. The van der Waals surface area contributed by atoms with Crippen LogP contribution in [0.25, 0.3) is 0 Å². The van der Waals surface area contributed by atoms with E-state index in [0.29, 0.717) is 12.1 Å². The average Bonchev–Trinajstić information content (AvgIpc) is 2.48. The summed E-state index contributed by atoms with van der Waals surface area (Å²) in [5.41, 5.74) is 1.38. The normalized spacial score (nSPS) is 12.6. The van der Waals surface area contributed by atoms with E-state index in [0.717, 1.165) is 12.2 Å². The van der Waals surface area contributed by atoms with Crippen LogP contribution < -0.4 is 5.32 Å². The molecule has 0 aliphatic heterocycles. The molecule has 106 valence electrons. The first kappa shape index (κ1) is 15.1. The quantitative estimate of drug-likeness (QED) is 0.726. The molecule has 1 atom stereocenters. The lowest BCUT2D eigenvalue weighted by Crippen LogP contribution is -2.28. The van der Waals surface area contributed by atoms with Gasteiger partial charge in [0, 0.05) is 17.0 Å². The lowest BCUT2D eigenvalue weighted by atomic mass is 10.0. The lowest BCUT2D eigenvalue weighted by molar-refractivity contribution is 0.469. The third-order valence-corrected chi connectivity index (χ3v) is 4.20. The van der Waals surface area contributed by atoms with Crippen LogP contribution in [0.4, 0.5) is 0 Å². The molecule has 0 aliphatic carbocycles. The molecule has 0 radical (unpaired) electrons. The molecule has 0 bridgehead atoms. The largest absolute Gasteiger partial charge is 0.308 e. The summed E-state index contributed by atoms with van der Waals surface area (Å²) in [6, 6.07) is 22.3. The molecule has 0 spiro atoms. The van der Waals surface area contributed by atoms with E-state index in [9.17, 15) is 0 Å². The highest BCUT2D eigenvalue weighted by molar-refractivity contribution is 7.99. The van der Waals surface area contributed by atoms with Gasteiger partial charge in [-0.2, -0.15) is 0 Å². The lowest BCUT2D eigenvalue weighted by Gasteiger charge is -2.21. The Hall–Kier alpha value is -1.25. The molecule has 2 rings (SSSR count). The van der Waals surface area contributed by atoms with E-state index in [1.54, 1.807) is 0 Å². The predicted octanol–water partition coefficient (Wildman–Crippen LogP) is 4.91. The summed E-state index contributed by atoms with van der Waals surface area (Å²) in [4.78, 5) is 1.35. The third-order valence-electron chi connectivity index (χ3n) is 3.15. The Morgan fingerprint density at radius 3 is 2.10 bits per heavy atom. The Bertz CT molecular complexity index is 481. The Morgan fingerprint density at radius 2 is 1.50 bits per heavy atom. The molecular weight excluding hydrogens is 262 g/mol. The zero-order valence-electron chi connectivity index (χ0n) is 12.3. The van der Waals surface area contributed by atoms with Crippen LogP contribution in [0.15, 0.2) is 65.6 Å². The monoisotopic (exact) mass is 285 g/mol. The van der Waals surface area contributed by atoms with Gasteiger partial charge in [0.25, 0.3) is 0 Å². The van der Waals surface area contributed by atoms with E-state index in [4.69, 9.17) is 0 Å². The summed E-state index contributed by atoms with van der Waals surface area (Å²) in [6.45, 7) is 4.42. The molecule has 0 aliphatic rings. The van der Waals surface area contributed by atoms with Gasteiger partial charge >= 0.3 is 0 Å². The summed E-state index contributed by atoms with van der Waals surface area (Å²) < 4.78 is 0. The first-order chi connectivity index (χ1) is 9.75. The second-order valence-electron chi connectivity index (χ2n) is 5.23. The maximum Gasteiger partial charge on any atom is 0.0330 e. The van der Waals surface area contributed by atoms with Crippen molar-refractivity contribution in [2.24, 2.45) is 0 Å². The number of hydrogen-bond acceptors (Lipinski definition) is 2. The SMILES string of the molecule is CC(C)NC(CCSc1ccccc1)c1ccccc1. The van der Waals surface area contributed by atoms with Crippen molar-refractivity contribution in [1.29, 1.82) is 0 Å². The van der Waals surface area contributed by atoms with Gasteiger partial charge in [-0.25, -0.2) is 0 Å². The Labute approximate surface area is 126 Å². The van der Waals surface area contributed by atoms with Gasteiger partial charge < -0.3 is 5.32 Å². The molecule has 0 amide bonds. The summed E-state index contributed by atoms with van der Waals surface area (Å²) in [7, 11) is 0. The summed E-state index contributed by atoms with van der Waals surface area (Å²) >= 11 is 1.93. The number of nitrogens with one attached hydrogen (secondary N) is 1. The Kier molecular flexibility index (Phi) is 6.16. The maximum absolute atomic E-state index is 3.67. The van der Waals surface area contributed by atoms with E-state index < -0.39 is 0 Å². The average molecular weight is 285 g/mol. The first-order valence-corrected chi connectivity index (χ1v) is 8.23. The van der Waals surface area contributed by atoms with E-state index in [-0.39, 0.29) is 0 Å². The minimum Gasteiger partial charge on any atom is -0.308 e. The van der Waals surface area contributed by atoms with Gasteiger partial charge in [0.15, 0.2) is 0 Å². The summed E-state index contributed by atoms with van der Waals surface area (Å²) in [5, 5.41) is 3.67. The topological polar surface area (TPSA) is 12.0 Å². The Morgan fingerprint density at radius 1 is 0.900 bits per heavy atom. The summed E-state index contributed by atoms with van der Waals surface area (Å²) in [5.74, 6) is 1.13. The highest BCUT2D eigenvalue weighted by atomic mass is 32.2. The molecule has 20 heavy (non-hydrogen) atoms. The number of hydrogen-bond donors (Lipinski definition) is 1. The second kappa shape index (κ2) is 8.13. The molecule has 1 N–H and O–H groups in total. The molecule has 0 saturated carbocycles. The van der Waals surface area contributed by atoms with Gasteiger partial charge in [0.05, 0.1) is 0 Å². The van der Waals surface area contributed by atoms with Crippen LogP contribution in [0, 0.1) is 0 Å². The third kappa shape index (κ3) is 5.03. The predicted molar refractivity (Wildman–Crippen MR) is 89.2 cm³/mol. The maximum atomic E-state index is 3.67. The first-order valence-electron chi connectivity index (χ1n) is 7.24. The number of benzene rings is 2. The van der Waals surface area contributed by atoms with Crippen LogP contribution in [0.5, 0.6) is 0 Å². The van der Waals surface area contributed by atoms with Gasteiger partial charge in [-0.05, 0) is 29.9 Å². The van der Waals surface area contributed by atoms with Crippen molar-refractivity contribution >= 4 is 11.8 Å². The molecule has 0 fully saturated rings. The molecule has 1 unspecified atom stereocenters. The minimum atomic E-state index is 0.437. The zero-order valence-corrected chi connectivity index (χ0v) is 13.1. The van der Waals surface area contributed by atoms with E-state index in [1.807, 2.05) is 11.8 Å². The van der Waals surface area contributed by atoms with Gasteiger partial charge in [-0.3, -0.25) is 0 Å². The van der Waals surface area contributed by atoms with Gasteiger partial charge in [0.1, 0.15) is 0 Å². The van der Waals surface area contributed by atoms with Gasteiger partial charge in [-0.1, -0.05) is 62.4 Å². The van der Waals surface area contributed by atoms with Gasteiger partial charge in [-0.15, -0.1) is 11.8 Å². The van der Waals surface area contributed by atoms with E-state index in [1.165, 1.54) is 10.5 Å². The molecule has 2 aromatic rings. The van der Waals surface area contributed by atoms with Crippen molar-refractivity contribution in [1.82, 2.24) is 5.32 Å². The van der Waals surface area contributed by atoms with Crippen molar-refractivity contribution < 1.29 is 0 Å². The van der Waals surface area contributed by atoms with E-state index >= 15 is 0 Å². The number of thioether (sulfide) groups is 1. The molecule has 0 aromatic heterocycles. The minimum absolute atomic E-state index is 0.437. The molecule has 2 heteroatoms. The molecule has 2 aromatic carbocycles. The van der Waals surface area contributed by atoms with Crippen LogP contribution in [-0.2, 0) is 0 Å². The fourth-order valence-corrected chi connectivity index (χ4v) is 3.18. The Balaban J connectivity index is 1.91. The van der Waals surface area contributed by atoms with Crippen molar-refractivity contribution in [3.63, 3.8) is 0 Å². The van der Waals surface area contributed by atoms with Crippen molar-refractivity contribution in [2.45, 2.75) is 37.2 Å².